The van der Waals surface area contributed by atoms with Gasteiger partial charge in [-0.3, -0.25) is 14.4 Å². The second-order valence-corrected chi connectivity index (χ2v) is 21.2. The third-order valence-corrected chi connectivity index (χ3v) is 14.4. The number of ether oxygens (including phenoxy) is 3. The monoisotopic (exact) mass is 947 g/mol. The molecule has 0 saturated heterocycles. The highest BCUT2D eigenvalue weighted by atomic mass is 16.6. The SMILES string of the molecule is CCCCCCCCCCCCCCCCCCCCCC(=O)O[C@H](COC(=O)CCCCCCCCCCCCCCCCCCCC)COC(=O)CCCCCCCCCCC(C)CC. The van der Waals surface area contributed by atoms with Gasteiger partial charge in [-0.1, -0.05) is 310 Å². The number of carbonyl (C=O) groups excluding carboxylic acids is 3. The third kappa shape index (κ3) is 53.6. The zero-order valence-corrected chi connectivity index (χ0v) is 45.9. The Labute approximate surface area is 418 Å². The van der Waals surface area contributed by atoms with Gasteiger partial charge in [0.2, 0.25) is 0 Å². The second kappa shape index (κ2) is 55.3. The molecule has 0 bridgehead atoms. The van der Waals surface area contributed by atoms with Crippen LogP contribution < -0.4 is 0 Å². The molecule has 0 heterocycles. The summed E-state index contributed by atoms with van der Waals surface area (Å²) in [5.41, 5.74) is 0. The van der Waals surface area contributed by atoms with E-state index in [0.29, 0.717) is 19.3 Å². The van der Waals surface area contributed by atoms with Crippen molar-refractivity contribution in [1.29, 1.82) is 0 Å². The van der Waals surface area contributed by atoms with Crippen LogP contribution >= 0.6 is 0 Å². The molecule has 0 radical (unpaired) electrons. The predicted octanol–water partition coefficient (Wildman–Crippen LogP) is 20.2. The highest BCUT2D eigenvalue weighted by molar-refractivity contribution is 5.71. The molecule has 0 amide bonds. The molecule has 0 aromatic rings. The maximum atomic E-state index is 12.9. The Morgan fingerprint density at radius 3 is 0.776 bits per heavy atom. The fraction of sp³-hybridized carbons (Fsp3) is 0.951. The van der Waals surface area contributed by atoms with Crippen molar-refractivity contribution in [1.82, 2.24) is 0 Å². The van der Waals surface area contributed by atoms with Crippen molar-refractivity contribution in [3.63, 3.8) is 0 Å². The molecule has 0 fully saturated rings. The van der Waals surface area contributed by atoms with Crippen LogP contribution in [0.4, 0.5) is 0 Å². The molecule has 0 rings (SSSR count). The lowest BCUT2D eigenvalue weighted by Gasteiger charge is -2.18. The maximum Gasteiger partial charge on any atom is 0.306 e. The van der Waals surface area contributed by atoms with Crippen LogP contribution in [0.25, 0.3) is 0 Å². The highest BCUT2D eigenvalue weighted by Crippen LogP contribution is 2.19. The van der Waals surface area contributed by atoms with Crippen LogP contribution in [-0.4, -0.2) is 37.2 Å². The smallest absolute Gasteiger partial charge is 0.306 e. The zero-order chi connectivity index (χ0) is 48.8. The minimum atomic E-state index is -0.763. The quantitative estimate of drug-likeness (QED) is 0.0343. The summed E-state index contributed by atoms with van der Waals surface area (Å²) in [6.45, 7) is 9.07. The van der Waals surface area contributed by atoms with Gasteiger partial charge in [0, 0.05) is 19.3 Å². The van der Waals surface area contributed by atoms with Crippen molar-refractivity contribution in [3.8, 4) is 0 Å². The van der Waals surface area contributed by atoms with Gasteiger partial charge in [-0.25, -0.2) is 0 Å². The topological polar surface area (TPSA) is 78.9 Å². The second-order valence-electron chi connectivity index (χ2n) is 21.2. The Morgan fingerprint density at radius 2 is 0.522 bits per heavy atom. The van der Waals surface area contributed by atoms with Crippen LogP contribution in [0.2, 0.25) is 0 Å². The molecule has 0 aromatic carbocycles. The molecule has 67 heavy (non-hydrogen) atoms. The normalized spacial score (nSPS) is 12.4. The summed E-state index contributed by atoms with van der Waals surface area (Å²) in [7, 11) is 0. The molecule has 2 atom stereocenters. The van der Waals surface area contributed by atoms with Crippen LogP contribution in [0.15, 0.2) is 0 Å². The first-order chi connectivity index (χ1) is 32.9. The summed E-state index contributed by atoms with van der Waals surface area (Å²) < 4.78 is 16.9. The lowest BCUT2D eigenvalue weighted by Crippen LogP contribution is -2.30. The van der Waals surface area contributed by atoms with E-state index in [4.69, 9.17) is 14.2 Å². The molecule has 6 nitrogen and oxygen atoms in total. The predicted molar refractivity (Wildman–Crippen MR) is 289 cm³/mol. The van der Waals surface area contributed by atoms with Gasteiger partial charge < -0.3 is 14.2 Å². The minimum absolute atomic E-state index is 0.0621. The molecule has 398 valence electrons. The fourth-order valence-electron chi connectivity index (χ4n) is 9.42. The number of rotatable bonds is 56. The van der Waals surface area contributed by atoms with E-state index in [2.05, 4.69) is 27.7 Å². The van der Waals surface area contributed by atoms with Gasteiger partial charge >= 0.3 is 17.9 Å². The average molecular weight is 948 g/mol. The number of unbranched alkanes of at least 4 members (excludes halogenated alkanes) is 42. The summed E-state index contributed by atoms with van der Waals surface area (Å²) in [4.78, 5) is 38.2. The Balaban J connectivity index is 4.26. The Hall–Kier alpha value is -1.59. The van der Waals surface area contributed by atoms with Gasteiger partial charge in [0.25, 0.3) is 0 Å². The zero-order valence-electron chi connectivity index (χ0n) is 45.9. The van der Waals surface area contributed by atoms with Crippen LogP contribution in [0.3, 0.4) is 0 Å². The van der Waals surface area contributed by atoms with Crippen molar-refractivity contribution in [2.45, 2.75) is 355 Å². The van der Waals surface area contributed by atoms with Crippen molar-refractivity contribution in [3.05, 3.63) is 0 Å². The first kappa shape index (κ1) is 65.4. The molecule has 0 aliphatic heterocycles. The van der Waals surface area contributed by atoms with E-state index in [-0.39, 0.29) is 31.1 Å². The van der Waals surface area contributed by atoms with Crippen LogP contribution in [0.1, 0.15) is 349 Å². The van der Waals surface area contributed by atoms with E-state index in [1.807, 2.05) is 0 Å². The van der Waals surface area contributed by atoms with Gasteiger partial charge in [-0.05, 0) is 25.2 Å². The van der Waals surface area contributed by atoms with E-state index in [9.17, 15) is 14.4 Å². The van der Waals surface area contributed by atoms with Crippen molar-refractivity contribution < 1.29 is 28.6 Å². The van der Waals surface area contributed by atoms with Crippen molar-refractivity contribution >= 4 is 17.9 Å². The minimum Gasteiger partial charge on any atom is -0.462 e. The first-order valence-electron chi connectivity index (χ1n) is 30.4. The number of hydrogen-bond donors (Lipinski definition) is 0. The van der Waals surface area contributed by atoms with Gasteiger partial charge in [0.1, 0.15) is 13.2 Å². The number of hydrogen-bond acceptors (Lipinski definition) is 6. The molecular formula is C61H118O6. The highest BCUT2D eigenvalue weighted by Gasteiger charge is 2.19. The van der Waals surface area contributed by atoms with E-state index >= 15 is 0 Å². The Kier molecular flexibility index (Phi) is 54.0. The van der Waals surface area contributed by atoms with E-state index in [1.54, 1.807) is 0 Å². The van der Waals surface area contributed by atoms with Crippen LogP contribution in [0.5, 0.6) is 0 Å². The van der Waals surface area contributed by atoms with E-state index in [0.717, 1.165) is 63.7 Å². The standard InChI is InChI=1S/C61H118O6/c1-5-8-10-12-14-16-18-20-22-24-26-28-30-32-34-36-42-46-50-54-61(64)67-58(56-66-60(63)53-49-45-41-38-37-39-43-47-51-57(4)7-3)55-65-59(62)52-48-44-40-35-33-31-29-27-25-23-21-19-17-15-13-11-9-6-2/h57-58H,5-56H2,1-4H3/t57?,58-/m1/s1. The maximum absolute atomic E-state index is 12.9. The summed E-state index contributed by atoms with van der Waals surface area (Å²) in [5, 5.41) is 0. The molecule has 6 heteroatoms. The van der Waals surface area contributed by atoms with Crippen LogP contribution in [-0.2, 0) is 28.6 Å². The average Bonchev–Trinajstić information content (AvgIpc) is 3.33. The lowest BCUT2D eigenvalue weighted by atomic mass is 9.99. The first-order valence-corrected chi connectivity index (χ1v) is 30.4. The van der Waals surface area contributed by atoms with Gasteiger partial charge in [0.05, 0.1) is 0 Å². The Bertz CT molecular complexity index is 1010. The molecule has 0 spiro atoms. The summed E-state index contributed by atoms with van der Waals surface area (Å²) in [5.74, 6) is 0.0131. The van der Waals surface area contributed by atoms with Crippen molar-refractivity contribution in [2.75, 3.05) is 13.2 Å². The van der Waals surface area contributed by atoms with Gasteiger partial charge in [-0.2, -0.15) is 0 Å². The van der Waals surface area contributed by atoms with E-state index < -0.39 is 6.10 Å². The molecule has 0 aliphatic rings. The molecule has 0 aromatic heterocycles. The molecule has 0 N–H and O–H groups in total. The summed E-state index contributed by atoms with van der Waals surface area (Å²) in [6, 6.07) is 0. The lowest BCUT2D eigenvalue weighted by molar-refractivity contribution is -0.167. The molecular weight excluding hydrogens is 829 g/mol. The van der Waals surface area contributed by atoms with Gasteiger partial charge in [0.15, 0.2) is 6.10 Å². The molecule has 1 unspecified atom stereocenters. The summed E-state index contributed by atoms with van der Waals surface area (Å²) >= 11 is 0. The van der Waals surface area contributed by atoms with E-state index in [1.165, 1.54) is 244 Å². The third-order valence-electron chi connectivity index (χ3n) is 14.4. The largest absolute Gasteiger partial charge is 0.462 e. The number of esters is 3. The fourth-order valence-corrected chi connectivity index (χ4v) is 9.42. The number of carbonyl (C=O) groups is 3. The summed E-state index contributed by atoms with van der Waals surface area (Å²) in [6.07, 6.45) is 61.0. The van der Waals surface area contributed by atoms with Crippen molar-refractivity contribution in [2.24, 2.45) is 5.92 Å². The molecule has 0 aliphatic carbocycles. The van der Waals surface area contributed by atoms with Gasteiger partial charge in [-0.15, -0.1) is 0 Å². The van der Waals surface area contributed by atoms with Crippen LogP contribution in [0, 0.1) is 5.92 Å². The molecule has 0 saturated carbocycles. The Morgan fingerprint density at radius 1 is 0.299 bits per heavy atom.